The van der Waals surface area contributed by atoms with E-state index in [1.807, 2.05) is 0 Å². The van der Waals surface area contributed by atoms with Gasteiger partial charge >= 0.3 is 0 Å². The molecule has 0 spiro atoms. The molecule has 1 aromatic carbocycles. The molecule has 0 saturated carbocycles. The lowest BCUT2D eigenvalue weighted by molar-refractivity contribution is -0.384. The number of nitro benzene ring substituents is 1. The first-order valence-corrected chi connectivity index (χ1v) is 5.82. The van der Waals surface area contributed by atoms with E-state index in [4.69, 9.17) is 10.5 Å². The predicted octanol–water partition coefficient (Wildman–Crippen LogP) is 0.816. The molecule has 9 heteroatoms. The second-order valence-electron chi connectivity index (χ2n) is 3.90. The summed E-state index contributed by atoms with van der Waals surface area (Å²) in [5, 5.41) is 17.8. The van der Waals surface area contributed by atoms with Gasteiger partial charge in [0.25, 0.3) is 5.69 Å². The number of nitrogens with zero attached hydrogens (tertiary/aromatic N) is 4. The molecule has 20 heavy (non-hydrogen) atoms. The fourth-order valence-electron chi connectivity index (χ4n) is 1.59. The zero-order valence-electron chi connectivity index (χ0n) is 10.8. The average molecular weight is 278 g/mol. The fraction of sp³-hybridized carbons (Fsp3) is 0.273. The number of ether oxygens (including phenoxy) is 1. The van der Waals surface area contributed by atoms with Crippen LogP contribution in [0, 0.1) is 10.1 Å². The van der Waals surface area contributed by atoms with Crippen molar-refractivity contribution < 1.29 is 9.66 Å². The van der Waals surface area contributed by atoms with Gasteiger partial charge in [0.2, 0.25) is 11.9 Å². The van der Waals surface area contributed by atoms with Crippen molar-refractivity contribution in [1.82, 2.24) is 14.8 Å². The number of anilines is 2. The number of methoxy groups -OCH3 is 1. The van der Waals surface area contributed by atoms with Crippen LogP contribution in [0.25, 0.3) is 5.69 Å². The monoisotopic (exact) mass is 278 g/mol. The predicted molar refractivity (Wildman–Crippen MR) is 72.8 cm³/mol. The summed E-state index contributed by atoms with van der Waals surface area (Å²) < 4.78 is 6.23. The van der Waals surface area contributed by atoms with E-state index >= 15 is 0 Å². The minimum Gasteiger partial charge on any atom is -0.383 e. The topological polar surface area (TPSA) is 121 Å². The summed E-state index contributed by atoms with van der Waals surface area (Å²) in [5.74, 6) is 0.483. The molecule has 0 atom stereocenters. The highest BCUT2D eigenvalue weighted by molar-refractivity contribution is 5.47. The lowest BCUT2D eigenvalue weighted by Gasteiger charge is -2.02. The summed E-state index contributed by atoms with van der Waals surface area (Å²) >= 11 is 0. The van der Waals surface area contributed by atoms with E-state index in [-0.39, 0.29) is 11.6 Å². The van der Waals surface area contributed by atoms with E-state index < -0.39 is 4.92 Å². The molecule has 3 N–H and O–H groups in total. The third-order valence-electron chi connectivity index (χ3n) is 2.51. The number of nitrogens with two attached hydrogens (primary N) is 1. The van der Waals surface area contributed by atoms with Gasteiger partial charge in [-0.1, -0.05) is 6.07 Å². The lowest BCUT2D eigenvalue weighted by Crippen LogP contribution is -2.09. The van der Waals surface area contributed by atoms with E-state index in [0.29, 0.717) is 24.8 Å². The van der Waals surface area contributed by atoms with E-state index in [1.54, 1.807) is 19.2 Å². The Kier molecular flexibility index (Phi) is 4.11. The molecule has 0 aliphatic rings. The van der Waals surface area contributed by atoms with Crippen molar-refractivity contribution in [3.8, 4) is 5.69 Å². The molecule has 1 aromatic heterocycles. The normalized spacial score (nSPS) is 10.4. The first kappa shape index (κ1) is 13.7. The van der Waals surface area contributed by atoms with Crippen LogP contribution in [0.4, 0.5) is 17.6 Å². The molecule has 0 radical (unpaired) electrons. The van der Waals surface area contributed by atoms with E-state index in [1.165, 1.54) is 16.8 Å². The van der Waals surface area contributed by atoms with Gasteiger partial charge in [-0.3, -0.25) is 10.1 Å². The molecule has 2 aromatic rings. The zero-order valence-corrected chi connectivity index (χ0v) is 10.8. The molecule has 0 aliphatic heterocycles. The average Bonchev–Trinajstić information content (AvgIpc) is 2.80. The van der Waals surface area contributed by atoms with Crippen LogP contribution in [0.2, 0.25) is 0 Å². The maximum Gasteiger partial charge on any atom is 0.271 e. The molecule has 0 bridgehead atoms. The Labute approximate surface area is 114 Å². The second kappa shape index (κ2) is 5.97. The van der Waals surface area contributed by atoms with Crippen molar-refractivity contribution in [1.29, 1.82) is 0 Å². The fourth-order valence-corrected chi connectivity index (χ4v) is 1.59. The Morgan fingerprint density at radius 1 is 1.55 bits per heavy atom. The van der Waals surface area contributed by atoms with Crippen LogP contribution < -0.4 is 11.1 Å². The molecule has 9 nitrogen and oxygen atoms in total. The van der Waals surface area contributed by atoms with Crippen LogP contribution in [0.1, 0.15) is 0 Å². The van der Waals surface area contributed by atoms with Crippen molar-refractivity contribution in [3.05, 3.63) is 34.4 Å². The quantitative estimate of drug-likeness (QED) is 0.455. The van der Waals surface area contributed by atoms with Crippen LogP contribution in [0.15, 0.2) is 24.3 Å². The van der Waals surface area contributed by atoms with Crippen LogP contribution in [-0.4, -0.2) is 39.9 Å². The first-order valence-electron chi connectivity index (χ1n) is 5.82. The van der Waals surface area contributed by atoms with Crippen LogP contribution in [-0.2, 0) is 4.74 Å². The van der Waals surface area contributed by atoms with Gasteiger partial charge in [0.1, 0.15) is 0 Å². The molecule has 106 valence electrons. The highest BCUT2D eigenvalue weighted by atomic mass is 16.6. The molecule has 2 rings (SSSR count). The van der Waals surface area contributed by atoms with Crippen molar-refractivity contribution >= 4 is 17.6 Å². The number of nitro groups is 1. The molecule has 0 aliphatic carbocycles. The van der Waals surface area contributed by atoms with E-state index in [0.717, 1.165) is 0 Å². The molecule has 0 amide bonds. The third kappa shape index (κ3) is 3.01. The Morgan fingerprint density at radius 2 is 2.35 bits per heavy atom. The van der Waals surface area contributed by atoms with Crippen LogP contribution >= 0.6 is 0 Å². The van der Waals surface area contributed by atoms with Crippen LogP contribution in [0.5, 0.6) is 0 Å². The standard InChI is InChI=1S/C11H14N6O3/c1-20-6-5-13-11-14-10(12)16(15-11)8-3-2-4-9(7-8)17(18)19/h2-4,7H,5-6H2,1H3,(H3,12,13,14,15). The summed E-state index contributed by atoms with van der Waals surface area (Å²) in [7, 11) is 1.59. The Bertz CT molecular complexity index is 612. The first-order chi connectivity index (χ1) is 9.61. The number of nitrogens with one attached hydrogen (secondary N) is 1. The zero-order chi connectivity index (χ0) is 14.5. The van der Waals surface area contributed by atoms with Crippen molar-refractivity contribution in [3.63, 3.8) is 0 Å². The number of nitrogen functional groups attached to an aromatic ring is 1. The Morgan fingerprint density at radius 3 is 3.05 bits per heavy atom. The maximum absolute atomic E-state index is 10.8. The summed E-state index contributed by atoms with van der Waals surface area (Å²) in [6, 6.07) is 6.00. The van der Waals surface area contributed by atoms with Gasteiger partial charge in [0, 0.05) is 25.8 Å². The SMILES string of the molecule is COCCNc1nc(N)n(-c2cccc([N+](=O)[O-])c2)n1. The molecular weight excluding hydrogens is 264 g/mol. The minimum absolute atomic E-state index is 0.0358. The maximum atomic E-state index is 10.8. The van der Waals surface area contributed by atoms with Crippen molar-refractivity contribution in [2.45, 2.75) is 0 Å². The number of benzene rings is 1. The Hall–Kier alpha value is -2.68. The molecule has 0 saturated heterocycles. The molecule has 0 unspecified atom stereocenters. The molecule has 0 fully saturated rings. The van der Waals surface area contributed by atoms with Crippen LogP contribution in [0.3, 0.4) is 0 Å². The van der Waals surface area contributed by atoms with E-state index in [2.05, 4.69) is 15.4 Å². The largest absolute Gasteiger partial charge is 0.383 e. The van der Waals surface area contributed by atoms with Gasteiger partial charge in [0.05, 0.1) is 17.2 Å². The van der Waals surface area contributed by atoms with Gasteiger partial charge in [-0.05, 0) is 6.07 Å². The smallest absolute Gasteiger partial charge is 0.271 e. The van der Waals surface area contributed by atoms with Gasteiger partial charge in [-0.15, -0.1) is 5.10 Å². The Balaban J connectivity index is 2.24. The highest BCUT2D eigenvalue weighted by Crippen LogP contribution is 2.19. The highest BCUT2D eigenvalue weighted by Gasteiger charge is 2.12. The number of hydrogen-bond acceptors (Lipinski definition) is 7. The molecule has 1 heterocycles. The summed E-state index contributed by atoms with van der Waals surface area (Å²) in [6.07, 6.45) is 0. The number of hydrogen-bond donors (Lipinski definition) is 2. The second-order valence-corrected chi connectivity index (χ2v) is 3.90. The van der Waals surface area contributed by atoms with E-state index in [9.17, 15) is 10.1 Å². The number of rotatable bonds is 6. The summed E-state index contributed by atoms with van der Waals surface area (Å²) in [4.78, 5) is 14.3. The van der Waals surface area contributed by atoms with Crippen molar-refractivity contribution in [2.75, 3.05) is 31.3 Å². The van der Waals surface area contributed by atoms with Gasteiger partial charge in [-0.2, -0.15) is 9.67 Å². The van der Waals surface area contributed by atoms with Gasteiger partial charge in [0.15, 0.2) is 0 Å². The third-order valence-corrected chi connectivity index (χ3v) is 2.51. The summed E-state index contributed by atoms with van der Waals surface area (Å²) in [6.45, 7) is 1.04. The molecular formula is C11H14N6O3. The van der Waals surface area contributed by atoms with Gasteiger partial charge < -0.3 is 15.8 Å². The number of aromatic nitrogens is 3. The van der Waals surface area contributed by atoms with Gasteiger partial charge in [-0.25, -0.2) is 0 Å². The number of non-ortho nitro benzene ring substituents is 1. The summed E-state index contributed by atoms with van der Waals surface area (Å²) in [5.41, 5.74) is 6.19. The minimum atomic E-state index is -0.478. The lowest BCUT2D eigenvalue weighted by atomic mass is 10.3. The van der Waals surface area contributed by atoms with Crippen molar-refractivity contribution in [2.24, 2.45) is 0 Å².